The fourth-order valence-electron chi connectivity index (χ4n) is 3.99. The van der Waals surface area contributed by atoms with Crippen molar-refractivity contribution in [3.05, 3.63) is 53.1 Å². The highest BCUT2D eigenvalue weighted by Crippen LogP contribution is 2.42. The lowest BCUT2D eigenvalue weighted by atomic mass is 9.95. The van der Waals surface area contributed by atoms with Crippen LogP contribution in [0.4, 0.5) is 0 Å². The van der Waals surface area contributed by atoms with Crippen molar-refractivity contribution in [3.8, 4) is 23.0 Å². The molecule has 1 saturated heterocycles. The number of carbonyl (C=O) groups is 2. The first kappa shape index (κ1) is 22.5. The summed E-state index contributed by atoms with van der Waals surface area (Å²) in [6, 6.07) is 8.62. The van der Waals surface area contributed by atoms with Gasteiger partial charge in [-0.3, -0.25) is 9.59 Å². The summed E-state index contributed by atoms with van der Waals surface area (Å²) in [5.41, 5.74) is 0.748. The zero-order chi connectivity index (χ0) is 23.7. The van der Waals surface area contributed by atoms with Gasteiger partial charge in [-0.05, 0) is 50.0 Å². The Labute approximate surface area is 191 Å². The predicted octanol–water partition coefficient (Wildman–Crippen LogP) is 2.16. The lowest BCUT2D eigenvalue weighted by Gasteiger charge is -2.27. The third kappa shape index (κ3) is 4.19. The summed E-state index contributed by atoms with van der Waals surface area (Å²) >= 11 is 0. The molecule has 1 unspecified atom stereocenters. The van der Waals surface area contributed by atoms with Crippen molar-refractivity contribution in [2.45, 2.75) is 6.04 Å². The number of likely N-dealkylation sites (N-methyl/N-ethyl adjacent to an activating group) is 1. The van der Waals surface area contributed by atoms with E-state index in [0.29, 0.717) is 42.4 Å². The molecule has 9 heteroatoms. The first-order chi connectivity index (χ1) is 15.8. The van der Waals surface area contributed by atoms with Crippen molar-refractivity contribution in [1.82, 2.24) is 9.80 Å². The van der Waals surface area contributed by atoms with Crippen LogP contribution in [0.5, 0.6) is 23.0 Å². The smallest absolute Gasteiger partial charge is 0.295 e. The van der Waals surface area contributed by atoms with Crippen molar-refractivity contribution >= 4 is 17.4 Å². The number of aromatic hydroxyl groups is 1. The van der Waals surface area contributed by atoms with Crippen molar-refractivity contribution < 1.29 is 34.0 Å². The van der Waals surface area contributed by atoms with Crippen LogP contribution in [0.1, 0.15) is 17.2 Å². The van der Waals surface area contributed by atoms with Crippen molar-refractivity contribution in [3.63, 3.8) is 0 Å². The van der Waals surface area contributed by atoms with E-state index in [1.807, 2.05) is 19.0 Å². The van der Waals surface area contributed by atoms with Gasteiger partial charge in [-0.1, -0.05) is 6.07 Å². The lowest BCUT2D eigenvalue weighted by molar-refractivity contribution is -0.140. The van der Waals surface area contributed by atoms with Gasteiger partial charge in [0.1, 0.15) is 19.0 Å². The quantitative estimate of drug-likeness (QED) is 0.388. The highest BCUT2D eigenvalue weighted by Gasteiger charge is 2.46. The lowest BCUT2D eigenvalue weighted by Crippen LogP contribution is -2.35. The van der Waals surface area contributed by atoms with Crippen LogP contribution in [0.15, 0.2) is 42.0 Å². The molecule has 33 heavy (non-hydrogen) atoms. The number of Topliss-reactive ketones (excluding diaryl/α,β-unsaturated/α-hetero) is 1. The number of hydrogen-bond donors (Lipinski definition) is 2. The summed E-state index contributed by atoms with van der Waals surface area (Å²) in [4.78, 5) is 29.4. The summed E-state index contributed by atoms with van der Waals surface area (Å²) in [6.45, 7) is 1.57. The number of hydrogen-bond acceptors (Lipinski definition) is 8. The SMILES string of the molecule is COc1ccc(C2/C(=C(/O)c3ccc4c(c3)OCCO4)C(=O)C(=O)N2CCN(C)C)cc1O. The van der Waals surface area contributed by atoms with Gasteiger partial charge in [-0.25, -0.2) is 0 Å². The first-order valence-corrected chi connectivity index (χ1v) is 10.5. The van der Waals surface area contributed by atoms with Crippen molar-refractivity contribution in [2.75, 3.05) is 47.5 Å². The summed E-state index contributed by atoms with van der Waals surface area (Å²) in [5, 5.41) is 21.5. The monoisotopic (exact) mass is 454 g/mol. The third-order valence-electron chi connectivity index (χ3n) is 5.66. The van der Waals surface area contributed by atoms with Crippen LogP contribution in [0.2, 0.25) is 0 Å². The van der Waals surface area contributed by atoms with E-state index >= 15 is 0 Å². The number of nitrogens with zero attached hydrogens (tertiary/aromatic N) is 2. The van der Waals surface area contributed by atoms with Crippen LogP contribution in [-0.2, 0) is 9.59 Å². The number of carbonyl (C=O) groups excluding carboxylic acids is 2. The predicted molar refractivity (Wildman–Crippen MR) is 120 cm³/mol. The molecule has 1 fully saturated rings. The highest BCUT2D eigenvalue weighted by atomic mass is 16.6. The van der Waals surface area contributed by atoms with Gasteiger partial charge < -0.3 is 34.2 Å². The molecule has 9 nitrogen and oxygen atoms in total. The molecule has 2 N–H and O–H groups in total. The standard InChI is InChI=1S/C24H26N2O7/c1-25(2)8-9-26-21(14-4-6-17(31-3)16(27)12-14)20(23(29)24(26)30)22(28)15-5-7-18-19(13-15)33-11-10-32-18/h4-7,12-13,21,27-28H,8-11H2,1-3H3/b22-20-. The van der Waals surface area contributed by atoms with Crippen LogP contribution >= 0.6 is 0 Å². The Morgan fingerprint density at radius 1 is 1.12 bits per heavy atom. The van der Waals surface area contributed by atoms with Gasteiger partial charge in [0.05, 0.1) is 18.7 Å². The number of likely N-dealkylation sites (tertiary alicyclic amines) is 1. The van der Waals surface area contributed by atoms with Crippen LogP contribution in [0.3, 0.4) is 0 Å². The Kier molecular flexibility index (Phi) is 6.15. The second-order valence-corrected chi connectivity index (χ2v) is 8.09. The van der Waals surface area contributed by atoms with E-state index in [1.165, 1.54) is 18.1 Å². The maximum Gasteiger partial charge on any atom is 0.295 e. The molecule has 2 heterocycles. The molecule has 0 bridgehead atoms. The maximum absolute atomic E-state index is 13.1. The molecule has 0 aliphatic carbocycles. The van der Waals surface area contributed by atoms with Crippen LogP contribution < -0.4 is 14.2 Å². The number of aliphatic hydroxyl groups is 1. The van der Waals surface area contributed by atoms with Gasteiger partial charge in [-0.2, -0.15) is 0 Å². The number of methoxy groups -OCH3 is 1. The zero-order valence-electron chi connectivity index (χ0n) is 18.7. The molecule has 174 valence electrons. The van der Waals surface area contributed by atoms with Gasteiger partial charge in [0.15, 0.2) is 23.0 Å². The normalized spacial score (nSPS) is 19.3. The fourth-order valence-corrected chi connectivity index (χ4v) is 3.99. The molecule has 0 spiro atoms. The van der Waals surface area contributed by atoms with Crippen molar-refractivity contribution in [2.24, 2.45) is 0 Å². The Hall–Kier alpha value is -3.72. The van der Waals surface area contributed by atoms with Crippen LogP contribution in [-0.4, -0.2) is 79.2 Å². The zero-order valence-corrected chi connectivity index (χ0v) is 18.7. The fraction of sp³-hybridized carbons (Fsp3) is 0.333. The Balaban J connectivity index is 1.84. The van der Waals surface area contributed by atoms with E-state index in [0.717, 1.165) is 0 Å². The molecule has 0 aromatic heterocycles. The number of ketones is 1. The average molecular weight is 454 g/mol. The summed E-state index contributed by atoms with van der Waals surface area (Å²) in [7, 11) is 5.15. The van der Waals surface area contributed by atoms with E-state index in [-0.39, 0.29) is 29.4 Å². The topological polar surface area (TPSA) is 109 Å². The van der Waals surface area contributed by atoms with E-state index in [2.05, 4.69) is 0 Å². The minimum absolute atomic E-state index is 0.0556. The summed E-state index contributed by atoms with van der Waals surface area (Å²) in [6.07, 6.45) is 0. The molecular formula is C24H26N2O7. The molecule has 0 radical (unpaired) electrons. The Bertz CT molecular complexity index is 1130. The molecule has 1 atom stereocenters. The Morgan fingerprint density at radius 2 is 1.85 bits per heavy atom. The van der Waals surface area contributed by atoms with E-state index in [1.54, 1.807) is 30.3 Å². The minimum atomic E-state index is -0.880. The average Bonchev–Trinajstić information content (AvgIpc) is 3.06. The van der Waals surface area contributed by atoms with Gasteiger partial charge >= 0.3 is 0 Å². The van der Waals surface area contributed by atoms with E-state index < -0.39 is 17.7 Å². The molecule has 2 aromatic carbocycles. The largest absolute Gasteiger partial charge is 0.507 e. The second kappa shape index (κ2) is 9.03. The molecule has 2 aliphatic rings. The van der Waals surface area contributed by atoms with Crippen LogP contribution in [0.25, 0.3) is 5.76 Å². The molecule has 4 rings (SSSR count). The van der Waals surface area contributed by atoms with Gasteiger partial charge in [-0.15, -0.1) is 0 Å². The van der Waals surface area contributed by atoms with E-state index in [9.17, 15) is 19.8 Å². The molecule has 1 amide bonds. The highest BCUT2D eigenvalue weighted by molar-refractivity contribution is 6.46. The maximum atomic E-state index is 13.1. The number of phenols is 1. The molecular weight excluding hydrogens is 428 g/mol. The van der Waals surface area contributed by atoms with E-state index in [4.69, 9.17) is 14.2 Å². The summed E-state index contributed by atoms with van der Waals surface area (Å²) in [5.74, 6) is -0.703. The van der Waals surface area contributed by atoms with Gasteiger partial charge in [0.2, 0.25) is 0 Å². The first-order valence-electron chi connectivity index (χ1n) is 10.5. The molecule has 2 aliphatic heterocycles. The van der Waals surface area contributed by atoms with Crippen LogP contribution in [0, 0.1) is 0 Å². The number of ether oxygens (including phenoxy) is 3. The van der Waals surface area contributed by atoms with Crippen molar-refractivity contribution in [1.29, 1.82) is 0 Å². The molecule has 0 saturated carbocycles. The number of aliphatic hydroxyl groups excluding tert-OH is 1. The van der Waals surface area contributed by atoms with Gasteiger partial charge in [0, 0.05) is 18.7 Å². The summed E-state index contributed by atoms with van der Waals surface area (Å²) < 4.78 is 16.2. The number of phenolic OH excluding ortho intramolecular Hbond substituents is 1. The molecule has 2 aromatic rings. The minimum Gasteiger partial charge on any atom is -0.507 e. The second-order valence-electron chi connectivity index (χ2n) is 8.09. The number of benzene rings is 2. The number of rotatable bonds is 6. The Morgan fingerprint density at radius 3 is 2.52 bits per heavy atom. The van der Waals surface area contributed by atoms with Gasteiger partial charge in [0.25, 0.3) is 11.7 Å². The number of fused-ring (bicyclic) bond motifs is 1. The number of amides is 1. The third-order valence-corrected chi connectivity index (χ3v) is 5.66.